The van der Waals surface area contributed by atoms with Crippen molar-refractivity contribution < 1.29 is 9.47 Å². The maximum absolute atomic E-state index is 5.32. The smallest absolute Gasteiger partial charge is 0.231 e. The average molecular weight is 249 g/mol. The Hall–Kier alpha value is -1.82. The monoisotopic (exact) mass is 249 g/mol. The second kappa shape index (κ2) is 4.21. The fourth-order valence-electron chi connectivity index (χ4n) is 1.60. The van der Waals surface area contributed by atoms with Crippen LogP contribution in [0.4, 0.5) is 5.13 Å². The van der Waals surface area contributed by atoms with E-state index in [0.717, 1.165) is 28.0 Å². The summed E-state index contributed by atoms with van der Waals surface area (Å²) in [5, 5.41) is 4.05. The Morgan fingerprint density at radius 1 is 1.35 bits per heavy atom. The maximum atomic E-state index is 5.32. The van der Waals surface area contributed by atoms with Crippen LogP contribution in [0.25, 0.3) is 0 Å². The molecular weight excluding hydrogens is 238 g/mol. The molecule has 5 nitrogen and oxygen atoms in total. The zero-order valence-corrected chi connectivity index (χ0v) is 10.1. The lowest BCUT2D eigenvalue weighted by molar-refractivity contribution is 0.174. The van der Waals surface area contributed by atoms with Gasteiger partial charge in [0.05, 0.1) is 0 Å². The lowest BCUT2D eigenvalue weighted by Crippen LogP contribution is -1.98. The van der Waals surface area contributed by atoms with Crippen LogP contribution in [0.3, 0.4) is 0 Å². The first-order chi connectivity index (χ1) is 8.31. The van der Waals surface area contributed by atoms with Gasteiger partial charge in [0, 0.05) is 18.1 Å². The number of ether oxygens (including phenoxy) is 2. The van der Waals surface area contributed by atoms with Crippen LogP contribution in [0.5, 0.6) is 11.5 Å². The summed E-state index contributed by atoms with van der Waals surface area (Å²) in [6, 6.07) is 5.91. The van der Waals surface area contributed by atoms with Crippen LogP contribution in [0, 0.1) is 6.92 Å². The Morgan fingerprint density at radius 3 is 3.06 bits per heavy atom. The van der Waals surface area contributed by atoms with Crippen molar-refractivity contribution in [3.8, 4) is 11.5 Å². The van der Waals surface area contributed by atoms with Crippen LogP contribution in [0.2, 0.25) is 0 Å². The molecule has 6 heteroatoms. The number of benzene rings is 1. The van der Waals surface area contributed by atoms with E-state index >= 15 is 0 Å². The van der Waals surface area contributed by atoms with Crippen LogP contribution >= 0.6 is 11.5 Å². The topological polar surface area (TPSA) is 56.3 Å². The van der Waals surface area contributed by atoms with E-state index in [1.807, 2.05) is 25.1 Å². The Kier molecular flexibility index (Phi) is 2.56. The molecular formula is C11H11N3O2S. The van der Waals surface area contributed by atoms with E-state index < -0.39 is 0 Å². The van der Waals surface area contributed by atoms with Gasteiger partial charge < -0.3 is 14.8 Å². The van der Waals surface area contributed by atoms with Crippen LogP contribution in [-0.4, -0.2) is 16.2 Å². The first-order valence-electron chi connectivity index (χ1n) is 5.24. The molecule has 0 bridgehead atoms. The first kappa shape index (κ1) is 10.3. The molecule has 1 aromatic heterocycles. The second-order valence-electron chi connectivity index (χ2n) is 3.69. The van der Waals surface area contributed by atoms with E-state index in [0.29, 0.717) is 13.3 Å². The largest absolute Gasteiger partial charge is 0.454 e. The lowest BCUT2D eigenvalue weighted by atomic mass is 10.2. The van der Waals surface area contributed by atoms with E-state index in [1.54, 1.807) is 0 Å². The van der Waals surface area contributed by atoms with Crippen molar-refractivity contribution in [1.29, 1.82) is 0 Å². The summed E-state index contributed by atoms with van der Waals surface area (Å²) in [4.78, 5) is 4.24. The van der Waals surface area contributed by atoms with Crippen LogP contribution in [0.15, 0.2) is 18.2 Å². The van der Waals surface area contributed by atoms with E-state index in [4.69, 9.17) is 9.47 Å². The quantitative estimate of drug-likeness (QED) is 0.903. The number of nitrogens with zero attached hydrogens (tertiary/aromatic N) is 2. The van der Waals surface area contributed by atoms with Crippen molar-refractivity contribution in [2.75, 3.05) is 12.1 Å². The Morgan fingerprint density at radius 2 is 2.24 bits per heavy atom. The van der Waals surface area contributed by atoms with Gasteiger partial charge in [0.1, 0.15) is 5.82 Å². The van der Waals surface area contributed by atoms with E-state index in [9.17, 15) is 0 Å². The summed E-state index contributed by atoms with van der Waals surface area (Å²) in [5.41, 5.74) is 1.13. The normalized spacial score (nSPS) is 12.8. The summed E-state index contributed by atoms with van der Waals surface area (Å²) in [7, 11) is 0. The number of rotatable bonds is 3. The highest BCUT2D eigenvalue weighted by Crippen LogP contribution is 2.32. The highest BCUT2D eigenvalue weighted by molar-refractivity contribution is 7.09. The van der Waals surface area contributed by atoms with Gasteiger partial charge in [-0.1, -0.05) is 6.07 Å². The minimum absolute atomic E-state index is 0.307. The number of hydrogen-bond acceptors (Lipinski definition) is 6. The van der Waals surface area contributed by atoms with Gasteiger partial charge in [0.2, 0.25) is 11.9 Å². The van der Waals surface area contributed by atoms with Crippen molar-refractivity contribution in [2.24, 2.45) is 0 Å². The highest BCUT2D eigenvalue weighted by atomic mass is 32.1. The fraction of sp³-hybridized carbons (Fsp3) is 0.273. The molecule has 1 aliphatic heterocycles. The Labute approximate surface area is 103 Å². The zero-order valence-electron chi connectivity index (χ0n) is 9.27. The molecule has 0 fully saturated rings. The molecule has 0 saturated carbocycles. The Balaban J connectivity index is 1.69. The standard InChI is InChI=1S/C11H11N3O2S/c1-7-13-11(17-14-7)12-5-8-2-3-9-10(4-8)16-6-15-9/h2-4H,5-6H2,1H3,(H,12,13,14). The van der Waals surface area contributed by atoms with E-state index in [2.05, 4.69) is 14.7 Å². The van der Waals surface area contributed by atoms with Crippen LogP contribution in [0.1, 0.15) is 11.4 Å². The van der Waals surface area contributed by atoms with E-state index in [-0.39, 0.29) is 0 Å². The number of aryl methyl sites for hydroxylation is 1. The summed E-state index contributed by atoms with van der Waals surface area (Å²) in [5.74, 6) is 2.40. The van der Waals surface area contributed by atoms with Gasteiger partial charge >= 0.3 is 0 Å². The van der Waals surface area contributed by atoms with Gasteiger partial charge in [-0.15, -0.1) is 0 Å². The molecule has 0 atom stereocenters. The van der Waals surface area contributed by atoms with Gasteiger partial charge in [0.15, 0.2) is 11.5 Å². The summed E-state index contributed by atoms with van der Waals surface area (Å²) in [6.45, 7) is 2.88. The molecule has 2 heterocycles. The van der Waals surface area contributed by atoms with E-state index in [1.165, 1.54) is 11.5 Å². The van der Waals surface area contributed by atoms with Crippen molar-refractivity contribution in [2.45, 2.75) is 13.5 Å². The molecule has 1 aromatic carbocycles. The molecule has 0 aliphatic carbocycles. The molecule has 3 rings (SSSR count). The van der Waals surface area contributed by atoms with Gasteiger partial charge in [-0.2, -0.15) is 4.37 Å². The third kappa shape index (κ3) is 2.16. The predicted octanol–water partition coefficient (Wildman–Crippen LogP) is 2.19. The minimum atomic E-state index is 0.307. The number of hydrogen-bond donors (Lipinski definition) is 1. The zero-order chi connectivity index (χ0) is 11.7. The fourth-order valence-corrected chi connectivity index (χ4v) is 2.17. The molecule has 1 N–H and O–H groups in total. The molecule has 0 spiro atoms. The molecule has 0 unspecified atom stereocenters. The average Bonchev–Trinajstić information content (AvgIpc) is 2.94. The van der Waals surface area contributed by atoms with Crippen LogP contribution < -0.4 is 14.8 Å². The maximum Gasteiger partial charge on any atom is 0.231 e. The summed E-state index contributed by atoms with van der Waals surface area (Å²) >= 11 is 1.37. The molecule has 1 aliphatic rings. The third-order valence-electron chi connectivity index (χ3n) is 2.41. The van der Waals surface area contributed by atoms with Crippen molar-refractivity contribution >= 4 is 16.7 Å². The summed E-state index contributed by atoms with van der Waals surface area (Å²) < 4.78 is 14.7. The number of fused-ring (bicyclic) bond motifs is 1. The molecule has 2 aromatic rings. The number of nitrogens with one attached hydrogen (secondary N) is 1. The summed E-state index contributed by atoms with van der Waals surface area (Å²) in [6.07, 6.45) is 0. The first-order valence-corrected chi connectivity index (χ1v) is 6.01. The van der Waals surface area contributed by atoms with Gasteiger partial charge in [-0.25, -0.2) is 4.98 Å². The lowest BCUT2D eigenvalue weighted by Gasteiger charge is -2.03. The molecule has 0 saturated heterocycles. The van der Waals surface area contributed by atoms with Crippen LogP contribution in [-0.2, 0) is 6.54 Å². The molecule has 88 valence electrons. The predicted molar refractivity (Wildman–Crippen MR) is 64.5 cm³/mol. The highest BCUT2D eigenvalue weighted by Gasteiger charge is 2.13. The SMILES string of the molecule is Cc1nsc(NCc2ccc3c(c2)OCO3)n1. The van der Waals surface area contributed by atoms with Crippen molar-refractivity contribution in [3.05, 3.63) is 29.6 Å². The second-order valence-corrected chi connectivity index (χ2v) is 4.44. The van der Waals surface area contributed by atoms with Gasteiger partial charge in [-0.05, 0) is 24.6 Å². The minimum Gasteiger partial charge on any atom is -0.454 e. The Bertz CT molecular complexity index is 541. The van der Waals surface area contributed by atoms with Gasteiger partial charge in [0.25, 0.3) is 0 Å². The molecule has 17 heavy (non-hydrogen) atoms. The van der Waals surface area contributed by atoms with Gasteiger partial charge in [-0.3, -0.25) is 0 Å². The third-order valence-corrected chi connectivity index (χ3v) is 3.17. The van der Waals surface area contributed by atoms with Crippen molar-refractivity contribution in [1.82, 2.24) is 9.36 Å². The molecule has 0 radical (unpaired) electrons. The number of anilines is 1. The van der Waals surface area contributed by atoms with Crippen molar-refractivity contribution in [3.63, 3.8) is 0 Å². The number of aromatic nitrogens is 2. The molecule has 0 amide bonds.